The third kappa shape index (κ3) is 5.50. The van der Waals surface area contributed by atoms with Crippen molar-refractivity contribution in [1.82, 2.24) is 10.2 Å². The molecule has 0 saturated carbocycles. The molecule has 1 heterocycles. The van der Waals surface area contributed by atoms with Gasteiger partial charge < -0.3 is 25.2 Å². The van der Waals surface area contributed by atoms with Crippen molar-refractivity contribution < 1.29 is 29.3 Å². The Hall–Kier alpha value is -3.55. The smallest absolute Gasteiger partial charge is 0.408 e. The summed E-state index contributed by atoms with van der Waals surface area (Å²) in [4.78, 5) is 38.2. The van der Waals surface area contributed by atoms with E-state index in [0.29, 0.717) is 24.9 Å². The van der Waals surface area contributed by atoms with Crippen molar-refractivity contribution in [1.29, 1.82) is 0 Å². The largest absolute Gasteiger partial charge is 0.508 e. The third-order valence-corrected chi connectivity index (χ3v) is 5.00. The number of amides is 2. The molecule has 1 aliphatic rings. The first kappa shape index (κ1) is 21.2. The Labute approximate surface area is 174 Å². The van der Waals surface area contributed by atoms with E-state index in [2.05, 4.69) is 5.32 Å². The number of nitrogens with one attached hydrogen (secondary N) is 1. The SMILES string of the molecule is O=C(N[C@@H](Cc1ccc(O)cc1)C(=O)N1CCC[C@H]1C(=O)O)OCc1ccccc1. The zero-order valence-electron chi connectivity index (χ0n) is 16.4. The summed E-state index contributed by atoms with van der Waals surface area (Å²) in [7, 11) is 0. The number of carbonyl (C=O) groups excluding carboxylic acids is 2. The van der Waals surface area contributed by atoms with Gasteiger partial charge in [0.25, 0.3) is 0 Å². The molecule has 3 rings (SSSR count). The van der Waals surface area contributed by atoms with Crippen molar-refractivity contribution in [2.45, 2.75) is 38.0 Å². The predicted octanol–water partition coefficient (Wildman–Crippen LogP) is 2.31. The number of nitrogens with zero attached hydrogens (tertiary/aromatic N) is 1. The van der Waals surface area contributed by atoms with Gasteiger partial charge in [-0.2, -0.15) is 0 Å². The van der Waals surface area contributed by atoms with Crippen molar-refractivity contribution in [3.63, 3.8) is 0 Å². The van der Waals surface area contributed by atoms with Gasteiger partial charge in [0.05, 0.1) is 0 Å². The van der Waals surface area contributed by atoms with Gasteiger partial charge >= 0.3 is 12.1 Å². The van der Waals surface area contributed by atoms with Crippen LogP contribution >= 0.6 is 0 Å². The molecule has 0 radical (unpaired) electrons. The summed E-state index contributed by atoms with van der Waals surface area (Å²) in [5, 5.41) is 21.4. The zero-order chi connectivity index (χ0) is 21.5. The lowest BCUT2D eigenvalue weighted by molar-refractivity contribution is -0.148. The molecule has 8 nitrogen and oxygen atoms in total. The van der Waals surface area contributed by atoms with Crippen LogP contribution in [0.5, 0.6) is 5.75 Å². The molecule has 0 bridgehead atoms. The Balaban J connectivity index is 1.71. The number of carboxylic acids is 1. The Bertz CT molecular complexity index is 884. The van der Waals surface area contributed by atoms with Gasteiger partial charge in [-0.15, -0.1) is 0 Å². The Kier molecular flexibility index (Phi) is 6.90. The molecular formula is C22H24N2O6. The number of benzene rings is 2. The summed E-state index contributed by atoms with van der Waals surface area (Å²) in [6.07, 6.45) is 0.350. The van der Waals surface area contributed by atoms with Gasteiger partial charge in [-0.1, -0.05) is 42.5 Å². The lowest BCUT2D eigenvalue weighted by atomic mass is 10.0. The van der Waals surface area contributed by atoms with Crippen molar-refractivity contribution in [2.75, 3.05) is 6.54 Å². The van der Waals surface area contributed by atoms with Crippen LogP contribution in [-0.2, 0) is 27.4 Å². The number of hydrogen-bond donors (Lipinski definition) is 3. The fourth-order valence-corrected chi connectivity index (χ4v) is 3.46. The minimum absolute atomic E-state index is 0.0499. The maximum atomic E-state index is 13.1. The molecule has 158 valence electrons. The van der Waals surface area contributed by atoms with Crippen LogP contribution in [0.2, 0.25) is 0 Å². The minimum Gasteiger partial charge on any atom is -0.508 e. The molecule has 2 amide bonds. The average molecular weight is 412 g/mol. The number of carboxylic acid groups (broad SMARTS) is 1. The lowest BCUT2D eigenvalue weighted by Gasteiger charge is -2.27. The fraction of sp³-hybridized carbons (Fsp3) is 0.318. The van der Waals surface area contributed by atoms with E-state index in [4.69, 9.17) is 4.74 Å². The molecule has 1 aliphatic heterocycles. The number of rotatable bonds is 7. The molecule has 1 fully saturated rings. The number of hydrogen-bond acceptors (Lipinski definition) is 5. The third-order valence-electron chi connectivity index (χ3n) is 5.00. The van der Waals surface area contributed by atoms with E-state index in [1.165, 1.54) is 17.0 Å². The van der Waals surface area contributed by atoms with Crippen molar-refractivity contribution >= 4 is 18.0 Å². The van der Waals surface area contributed by atoms with E-state index >= 15 is 0 Å². The monoisotopic (exact) mass is 412 g/mol. The summed E-state index contributed by atoms with van der Waals surface area (Å²) < 4.78 is 5.23. The van der Waals surface area contributed by atoms with E-state index in [-0.39, 0.29) is 18.8 Å². The molecule has 1 saturated heterocycles. The van der Waals surface area contributed by atoms with E-state index in [1.807, 2.05) is 30.3 Å². The highest BCUT2D eigenvalue weighted by Crippen LogP contribution is 2.20. The number of likely N-dealkylation sites (tertiary alicyclic amines) is 1. The van der Waals surface area contributed by atoms with Crippen LogP contribution in [0.3, 0.4) is 0 Å². The Morgan fingerprint density at radius 3 is 2.43 bits per heavy atom. The van der Waals surface area contributed by atoms with Crippen LogP contribution < -0.4 is 5.32 Å². The molecule has 0 unspecified atom stereocenters. The van der Waals surface area contributed by atoms with Crippen LogP contribution in [-0.4, -0.2) is 51.7 Å². The fourth-order valence-electron chi connectivity index (χ4n) is 3.46. The van der Waals surface area contributed by atoms with E-state index in [0.717, 1.165) is 5.56 Å². The number of phenols is 1. The number of aromatic hydroxyl groups is 1. The Morgan fingerprint density at radius 2 is 1.77 bits per heavy atom. The summed E-state index contributed by atoms with van der Waals surface area (Å²) in [5.74, 6) is -1.44. The normalized spacial score (nSPS) is 16.7. The van der Waals surface area contributed by atoms with Crippen molar-refractivity contribution in [3.8, 4) is 5.75 Å². The van der Waals surface area contributed by atoms with Gasteiger partial charge in [-0.3, -0.25) is 4.79 Å². The second-order valence-electron chi connectivity index (χ2n) is 7.16. The van der Waals surface area contributed by atoms with Gasteiger partial charge in [-0.05, 0) is 36.1 Å². The lowest BCUT2D eigenvalue weighted by Crippen LogP contribution is -2.52. The van der Waals surface area contributed by atoms with Crippen LogP contribution in [0, 0.1) is 0 Å². The molecule has 8 heteroatoms. The molecule has 2 aromatic carbocycles. The standard InChI is InChI=1S/C22H24N2O6/c25-17-10-8-15(9-11-17)13-18(20(26)24-12-4-7-19(24)21(27)28)23-22(29)30-14-16-5-2-1-3-6-16/h1-3,5-6,8-11,18-19,25H,4,7,12-14H2,(H,23,29)(H,27,28)/t18-,19-/m0/s1. The number of ether oxygens (including phenoxy) is 1. The molecule has 0 aromatic heterocycles. The second-order valence-corrected chi connectivity index (χ2v) is 7.16. The van der Waals surface area contributed by atoms with Crippen LogP contribution in [0.15, 0.2) is 54.6 Å². The first-order chi connectivity index (χ1) is 14.4. The quantitative estimate of drug-likeness (QED) is 0.643. The number of aliphatic carboxylic acids is 1. The van der Waals surface area contributed by atoms with E-state index in [9.17, 15) is 24.6 Å². The molecule has 30 heavy (non-hydrogen) atoms. The van der Waals surface area contributed by atoms with Crippen LogP contribution in [0.25, 0.3) is 0 Å². The summed E-state index contributed by atoms with van der Waals surface area (Å²) in [6.45, 7) is 0.372. The summed E-state index contributed by atoms with van der Waals surface area (Å²) in [5.41, 5.74) is 1.51. The molecule has 2 aromatic rings. The highest BCUT2D eigenvalue weighted by Gasteiger charge is 2.37. The molecule has 0 spiro atoms. The molecule has 0 aliphatic carbocycles. The van der Waals surface area contributed by atoms with E-state index < -0.39 is 30.1 Å². The van der Waals surface area contributed by atoms with Gasteiger partial charge in [0.2, 0.25) is 5.91 Å². The van der Waals surface area contributed by atoms with Crippen LogP contribution in [0.1, 0.15) is 24.0 Å². The highest BCUT2D eigenvalue weighted by molar-refractivity contribution is 5.90. The van der Waals surface area contributed by atoms with Gasteiger partial charge in [0, 0.05) is 13.0 Å². The number of phenolic OH excluding ortho intramolecular Hbond substituents is 1. The average Bonchev–Trinajstić information content (AvgIpc) is 3.24. The Morgan fingerprint density at radius 1 is 1.07 bits per heavy atom. The second kappa shape index (κ2) is 9.78. The van der Waals surface area contributed by atoms with Crippen molar-refractivity contribution in [2.24, 2.45) is 0 Å². The highest BCUT2D eigenvalue weighted by atomic mass is 16.5. The van der Waals surface area contributed by atoms with Crippen molar-refractivity contribution in [3.05, 3.63) is 65.7 Å². The molecule has 2 atom stereocenters. The molecular weight excluding hydrogens is 388 g/mol. The molecule has 3 N–H and O–H groups in total. The van der Waals surface area contributed by atoms with Gasteiger partial charge in [0.15, 0.2) is 0 Å². The minimum atomic E-state index is -1.06. The maximum Gasteiger partial charge on any atom is 0.408 e. The number of carbonyl (C=O) groups is 3. The topological polar surface area (TPSA) is 116 Å². The van der Waals surface area contributed by atoms with Gasteiger partial charge in [-0.25, -0.2) is 9.59 Å². The predicted molar refractivity (Wildman–Crippen MR) is 108 cm³/mol. The number of alkyl carbamates (subject to hydrolysis) is 1. The van der Waals surface area contributed by atoms with E-state index in [1.54, 1.807) is 12.1 Å². The van der Waals surface area contributed by atoms with Gasteiger partial charge in [0.1, 0.15) is 24.4 Å². The first-order valence-electron chi connectivity index (χ1n) is 9.72. The summed E-state index contributed by atoms with van der Waals surface area (Å²) >= 11 is 0. The maximum absolute atomic E-state index is 13.1. The van der Waals surface area contributed by atoms with Crippen LogP contribution in [0.4, 0.5) is 4.79 Å². The zero-order valence-corrected chi connectivity index (χ0v) is 16.4. The first-order valence-corrected chi connectivity index (χ1v) is 9.72. The summed E-state index contributed by atoms with van der Waals surface area (Å²) in [6, 6.07) is 13.5.